The summed E-state index contributed by atoms with van der Waals surface area (Å²) in [5.41, 5.74) is 0.835. The van der Waals surface area contributed by atoms with Gasteiger partial charge in [0.25, 0.3) is 5.91 Å². The largest absolute Gasteiger partial charge is 0.477 e. The minimum absolute atomic E-state index is 0.0308. The van der Waals surface area contributed by atoms with Gasteiger partial charge in [0.15, 0.2) is 12.4 Å². The monoisotopic (exact) mass is 418 g/mol. The number of hydrogen-bond donors (Lipinski definition) is 2. The zero-order chi connectivity index (χ0) is 20.6. The van der Waals surface area contributed by atoms with Gasteiger partial charge in [0, 0.05) is 23.3 Å². The normalized spacial score (nSPS) is 14.4. The van der Waals surface area contributed by atoms with Crippen molar-refractivity contribution in [2.75, 3.05) is 44.2 Å². The molecule has 0 radical (unpaired) electrons. The van der Waals surface area contributed by atoms with Crippen LogP contribution in [-0.4, -0.2) is 45.2 Å². The van der Waals surface area contributed by atoms with E-state index >= 15 is 0 Å². The number of benzene rings is 1. The molecule has 2 N–H and O–H groups in total. The van der Waals surface area contributed by atoms with Crippen LogP contribution in [0.1, 0.15) is 5.76 Å². The van der Waals surface area contributed by atoms with Crippen LogP contribution in [0.2, 0.25) is 5.02 Å². The summed E-state index contributed by atoms with van der Waals surface area (Å²) in [7, 11) is 0. The molecular weight excluding hydrogens is 394 g/mol. The van der Waals surface area contributed by atoms with Gasteiger partial charge in [-0.3, -0.25) is 9.59 Å². The second kappa shape index (κ2) is 10.1. The minimum atomic E-state index is -0.324. The maximum absolute atomic E-state index is 12.2. The Morgan fingerprint density at radius 1 is 1.34 bits per heavy atom. The number of rotatable bonds is 8. The highest BCUT2D eigenvalue weighted by Crippen LogP contribution is 2.19. The Labute approximate surface area is 174 Å². The smallest absolute Gasteiger partial charge is 0.258 e. The third-order valence-electron chi connectivity index (χ3n) is 4.72. The molecule has 3 rings (SSSR count). The van der Waals surface area contributed by atoms with Crippen molar-refractivity contribution < 1.29 is 18.8 Å². The second-order valence-electron chi connectivity index (χ2n) is 6.85. The molecule has 0 unspecified atom stereocenters. The van der Waals surface area contributed by atoms with E-state index in [9.17, 15) is 9.59 Å². The standard InChI is InChI=1S/C21H24ClN3O4/c1-2-6-23-21(27)15-29-20-14-28-18(12-19(20)26)13-24-7-9-25(10-8-24)17-5-3-4-16(22)11-17/h2-5,11-12,14H,1,6-10,13,15H2,(H,23,27)/p+1. The van der Waals surface area contributed by atoms with Crippen molar-refractivity contribution in [2.24, 2.45) is 0 Å². The highest BCUT2D eigenvalue weighted by Gasteiger charge is 2.21. The van der Waals surface area contributed by atoms with Crippen molar-refractivity contribution in [1.29, 1.82) is 0 Å². The highest BCUT2D eigenvalue weighted by molar-refractivity contribution is 6.30. The Kier molecular flexibility index (Phi) is 7.32. The molecule has 1 aromatic carbocycles. The number of nitrogens with one attached hydrogen (secondary N) is 2. The zero-order valence-electron chi connectivity index (χ0n) is 16.2. The van der Waals surface area contributed by atoms with Gasteiger partial charge in [-0.15, -0.1) is 6.58 Å². The molecule has 154 valence electrons. The predicted molar refractivity (Wildman–Crippen MR) is 112 cm³/mol. The number of carbonyl (C=O) groups excluding carboxylic acids is 1. The van der Waals surface area contributed by atoms with Crippen LogP contribution < -0.4 is 25.3 Å². The number of piperazine rings is 1. The molecule has 2 heterocycles. The van der Waals surface area contributed by atoms with E-state index in [0.29, 0.717) is 18.8 Å². The van der Waals surface area contributed by atoms with E-state index in [1.165, 1.54) is 17.2 Å². The number of amides is 1. The first kappa shape index (κ1) is 21.0. The molecule has 0 atom stereocenters. The van der Waals surface area contributed by atoms with Crippen molar-refractivity contribution in [3.8, 4) is 5.75 Å². The Morgan fingerprint density at radius 2 is 2.14 bits per heavy atom. The SMILES string of the molecule is C=CCNC(=O)COc1coc(C[NH+]2CCN(c3cccc(Cl)c3)CC2)cc1=O. The number of halogens is 1. The summed E-state index contributed by atoms with van der Waals surface area (Å²) in [4.78, 5) is 27.4. The number of carbonyl (C=O) groups is 1. The van der Waals surface area contributed by atoms with E-state index in [2.05, 4.69) is 22.9 Å². The van der Waals surface area contributed by atoms with E-state index in [-0.39, 0.29) is 23.7 Å². The zero-order valence-corrected chi connectivity index (χ0v) is 16.9. The lowest BCUT2D eigenvalue weighted by molar-refractivity contribution is -0.915. The van der Waals surface area contributed by atoms with E-state index in [1.54, 1.807) is 6.08 Å². The van der Waals surface area contributed by atoms with Gasteiger partial charge >= 0.3 is 0 Å². The topological polar surface area (TPSA) is 76.2 Å². The molecular formula is C21H25ClN3O4+. The first-order valence-electron chi connectivity index (χ1n) is 9.51. The van der Waals surface area contributed by atoms with Crippen molar-refractivity contribution in [3.63, 3.8) is 0 Å². The summed E-state index contributed by atoms with van der Waals surface area (Å²) < 4.78 is 10.8. The summed E-state index contributed by atoms with van der Waals surface area (Å²) in [5.74, 6) is 0.309. The molecule has 7 nitrogen and oxygen atoms in total. The van der Waals surface area contributed by atoms with Gasteiger partial charge in [0.05, 0.1) is 26.2 Å². The van der Waals surface area contributed by atoms with Gasteiger partial charge < -0.3 is 24.3 Å². The number of anilines is 1. The molecule has 1 aromatic heterocycles. The summed E-state index contributed by atoms with van der Waals surface area (Å²) in [5, 5.41) is 3.31. The minimum Gasteiger partial charge on any atom is -0.477 e. The van der Waals surface area contributed by atoms with Gasteiger partial charge in [-0.05, 0) is 18.2 Å². The third-order valence-corrected chi connectivity index (χ3v) is 4.96. The molecule has 1 saturated heterocycles. The van der Waals surface area contributed by atoms with Gasteiger partial charge in [-0.25, -0.2) is 0 Å². The van der Waals surface area contributed by atoms with Crippen LogP contribution in [0, 0.1) is 0 Å². The predicted octanol–water partition coefficient (Wildman–Crippen LogP) is 0.879. The van der Waals surface area contributed by atoms with Crippen molar-refractivity contribution in [1.82, 2.24) is 5.32 Å². The van der Waals surface area contributed by atoms with Gasteiger partial charge in [0.2, 0.25) is 11.2 Å². The molecule has 0 saturated carbocycles. The third kappa shape index (κ3) is 6.10. The quantitative estimate of drug-likeness (QED) is 0.622. The molecule has 0 aliphatic carbocycles. The Hall–Kier alpha value is -2.77. The summed E-state index contributed by atoms with van der Waals surface area (Å²) in [6, 6.07) is 9.30. The molecule has 2 aromatic rings. The van der Waals surface area contributed by atoms with Crippen LogP contribution in [0.4, 0.5) is 5.69 Å². The maximum atomic E-state index is 12.2. The van der Waals surface area contributed by atoms with Crippen LogP contribution >= 0.6 is 11.6 Å². The average Bonchev–Trinajstić information content (AvgIpc) is 2.72. The maximum Gasteiger partial charge on any atom is 0.258 e. The van der Waals surface area contributed by atoms with Crippen LogP contribution in [-0.2, 0) is 11.3 Å². The molecule has 0 bridgehead atoms. The Morgan fingerprint density at radius 3 is 2.83 bits per heavy atom. The number of quaternary nitrogens is 1. The van der Waals surface area contributed by atoms with E-state index in [0.717, 1.165) is 36.9 Å². The van der Waals surface area contributed by atoms with E-state index in [4.69, 9.17) is 20.8 Å². The number of nitrogens with zero attached hydrogens (tertiary/aromatic N) is 1. The Bertz CT molecular complexity index is 907. The van der Waals surface area contributed by atoms with Crippen molar-refractivity contribution >= 4 is 23.2 Å². The fourth-order valence-electron chi connectivity index (χ4n) is 3.19. The van der Waals surface area contributed by atoms with E-state index < -0.39 is 0 Å². The molecule has 29 heavy (non-hydrogen) atoms. The fraction of sp³-hybridized carbons (Fsp3) is 0.333. The van der Waals surface area contributed by atoms with E-state index in [1.807, 2.05) is 18.2 Å². The highest BCUT2D eigenvalue weighted by atomic mass is 35.5. The lowest BCUT2D eigenvalue weighted by atomic mass is 10.2. The van der Waals surface area contributed by atoms with Crippen LogP contribution in [0.3, 0.4) is 0 Å². The molecule has 1 amide bonds. The Balaban J connectivity index is 1.50. The summed E-state index contributed by atoms with van der Waals surface area (Å²) in [6.07, 6.45) is 2.85. The lowest BCUT2D eigenvalue weighted by Gasteiger charge is -2.33. The van der Waals surface area contributed by atoms with Crippen molar-refractivity contribution in [2.45, 2.75) is 6.54 Å². The fourth-order valence-corrected chi connectivity index (χ4v) is 3.38. The van der Waals surface area contributed by atoms with Gasteiger partial charge in [0.1, 0.15) is 12.8 Å². The molecule has 1 fully saturated rings. The van der Waals surface area contributed by atoms with Crippen LogP contribution in [0.25, 0.3) is 0 Å². The number of hydrogen-bond acceptors (Lipinski definition) is 5. The van der Waals surface area contributed by atoms with Crippen LogP contribution in [0.5, 0.6) is 5.75 Å². The van der Waals surface area contributed by atoms with Crippen LogP contribution in [0.15, 0.2) is 58.5 Å². The first-order chi connectivity index (χ1) is 14.0. The average molecular weight is 419 g/mol. The number of ether oxygens (including phenoxy) is 1. The molecule has 1 aliphatic heterocycles. The molecule has 1 aliphatic rings. The first-order valence-corrected chi connectivity index (χ1v) is 9.89. The van der Waals surface area contributed by atoms with Gasteiger partial charge in [-0.1, -0.05) is 23.7 Å². The van der Waals surface area contributed by atoms with Gasteiger partial charge in [-0.2, -0.15) is 0 Å². The molecule has 8 heteroatoms. The lowest BCUT2D eigenvalue weighted by Crippen LogP contribution is -3.13. The van der Waals surface area contributed by atoms with Crippen molar-refractivity contribution in [3.05, 3.63) is 70.3 Å². The second-order valence-corrected chi connectivity index (χ2v) is 7.29. The summed E-state index contributed by atoms with van der Waals surface area (Å²) in [6.45, 7) is 7.91. The summed E-state index contributed by atoms with van der Waals surface area (Å²) >= 11 is 6.08. The molecule has 0 spiro atoms.